The number of thiazole rings is 1. The van der Waals surface area contributed by atoms with Gasteiger partial charge in [0.05, 0.1) is 15.1 Å². The standard InChI is InChI=1S/C24H23N3O3S2/c1-15-8-12-20(13-9-15)32(29,30)26-19-7-5-6-18(14-19)23(28)25-24-27(4)21-16(2)10-11-17(3)22(21)31-24/h5-14,26H,1-4H3. The zero-order valence-corrected chi connectivity index (χ0v) is 19.8. The first-order chi connectivity index (χ1) is 15.2. The van der Waals surface area contributed by atoms with Crippen molar-refractivity contribution in [2.75, 3.05) is 4.72 Å². The van der Waals surface area contributed by atoms with Crippen LogP contribution in [-0.4, -0.2) is 18.9 Å². The van der Waals surface area contributed by atoms with E-state index in [1.54, 1.807) is 42.5 Å². The molecule has 0 aliphatic carbocycles. The summed E-state index contributed by atoms with van der Waals surface area (Å²) >= 11 is 1.46. The number of benzene rings is 3. The lowest BCUT2D eigenvalue weighted by atomic mass is 10.1. The molecule has 3 aromatic carbocycles. The highest BCUT2D eigenvalue weighted by molar-refractivity contribution is 7.92. The molecule has 0 aliphatic heterocycles. The predicted molar refractivity (Wildman–Crippen MR) is 129 cm³/mol. The van der Waals surface area contributed by atoms with Crippen molar-refractivity contribution < 1.29 is 13.2 Å². The minimum Gasteiger partial charge on any atom is -0.319 e. The number of hydrogen-bond acceptors (Lipinski definition) is 4. The first kappa shape index (κ1) is 22.0. The number of hydrogen-bond donors (Lipinski definition) is 1. The van der Waals surface area contributed by atoms with Gasteiger partial charge in [0, 0.05) is 18.3 Å². The minimum absolute atomic E-state index is 0.160. The highest BCUT2D eigenvalue weighted by atomic mass is 32.2. The van der Waals surface area contributed by atoms with Crippen LogP contribution in [0.3, 0.4) is 0 Å². The first-order valence-corrected chi connectivity index (χ1v) is 12.3. The molecule has 0 spiro atoms. The molecule has 164 valence electrons. The molecule has 1 N–H and O–H groups in total. The van der Waals surface area contributed by atoms with Crippen molar-refractivity contribution in [2.45, 2.75) is 25.7 Å². The van der Waals surface area contributed by atoms with Gasteiger partial charge in [-0.15, -0.1) is 0 Å². The number of carbonyl (C=O) groups excluding carboxylic acids is 1. The van der Waals surface area contributed by atoms with E-state index in [1.165, 1.54) is 17.4 Å². The Morgan fingerprint density at radius 2 is 1.66 bits per heavy atom. The van der Waals surface area contributed by atoms with Crippen molar-refractivity contribution in [3.05, 3.63) is 87.7 Å². The van der Waals surface area contributed by atoms with Crippen molar-refractivity contribution in [1.82, 2.24) is 4.57 Å². The third-order valence-electron chi connectivity index (χ3n) is 5.24. The highest BCUT2D eigenvalue weighted by Gasteiger charge is 2.15. The topological polar surface area (TPSA) is 80.5 Å². The van der Waals surface area contributed by atoms with Crippen LogP contribution in [0.2, 0.25) is 0 Å². The lowest BCUT2D eigenvalue weighted by molar-refractivity contribution is 0.0998. The second-order valence-electron chi connectivity index (χ2n) is 7.74. The number of fused-ring (bicyclic) bond motifs is 1. The van der Waals surface area contributed by atoms with Gasteiger partial charge in [-0.2, -0.15) is 4.99 Å². The summed E-state index contributed by atoms with van der Waals surface area (Å²) in [6, 6.07) is 17.1. The van der Waals surface area contributed by atoms with E-state index in [0.29, 0.717) is 16.1 Å². The van der Waals surface area contributed by atoms with Crippen LogP contribution in [0.15, 0.2) is 70.6 Å². The molecule has 1 heterocycles. The second kappa shape index (κ2) is 8.37. The van der Waals surface area contributed by atoms with Crippen LogP contribution in [0.5, 0.6) is 0 Å². The Labute approximate surface area is 190 Å². The van der Waals surface area contributed by atoms with Gasteiger partial charge in [0.15, 0.2) is 4.80 Å². The first-order valence-electron chi connectivity index (χ1n) is 10.00. The van der Waals surface area contributed by atoms with Crippen molar-refractivity contribution in [3.8, 4) is 0 Å². The minimum atomic E-state index is -3.76. The van der Waals surface area contributed by atoms with Crippen LogP contribution < -0.4 is 9.52 Å². The quantitative estimate of drug-likeness (QED) is 0.474. The molecule has 8 heteroatoms. The van der Waals surface area contributed by atoms with Gasteiger partial charge in [0.1, 0.15) is 0 Å². The summed E-state index contributed by atoms with van der Waals surface area (Å²) in [4.78, 5) is 18.0. The number of nitrogens with zero attached hydrogens (tertiary/aromatic N) is 2. The van der Waals surface area contributed by atoms with Crippen LogP contribution in [-0.2, 0) is 17.1 Å². The van der Waals surface area contributed by atoms with Gasteiger partial charge >= 0.3 is 0 Å². The summed E-state index contributed by atoms with van der Waals surface area (Å²) in [6.45, 7) is 5.96. The zero-order valence-electron chi connectivity index (χ0n) is 18.2. The monoisotopic (exact) mass is 465 g/mol. The normalized spacial score (nSPS) is 12.3. The van der Waals surface area contributed by atoms with E-state index >= 15 is 0 Å². The highest BCUT2D eigenvalue weighted by Crippen LogP contribution is 2.24. The van der Waals surface area contributed by atoms with Crippen LogP contribution in [0.4, 0.5) is 5.69 Å². The molecule has 1 amide bonds. The van der Waals surface area contributed by atoms with Gasteiger partial charge in [-0.05, 0) is 62.2 Å². The molecule has 0 unspecified atom stereocenters. The Balaban J connectivity index is 1.67. The number of rotatable bonds is 4. The van der Waals surface area contributed by atoms with E-state index in [4.69, 9.17) is 0 Å². The van der Waals surface area contributed by atoms with Gasteiger partial charge < -0.3 is 4.57 Å². The van der Waals surface area contributed by atoms with Crippen LogP contribution in [0.1, 0.15) is 27.0 Å². The molecule has 0 radical (unpaired) electrons. The SMILES string of the molecule is Cc1ccc(S(=O)(=O)Nc2cccc(C(=O)N=c3sc4c(C)ccc(C)c4n3C)c2)cc1. The third-order valence-corrected chi connectivity index (χ3v) is 7.90. The van der Waals surface area contributed by atoms with E-state index < -0.39 is 15.9 Å². The third kappa shape index (κ3) is 4.24. The molecular formula is C24H23N3O3S2. The molecular weight excluding hydrogens is 442 g/mol. The second-order valence-corrected chi connectivity index (χ2v) is 10.4. The molecule has 0 saturated heterocycles. The van der Waals surface area contributed by atoms with Crippen LogP contribution >= 0.6 is 11.3 Å². The molecule has 0 bridgehead atoms. The molecule has 0 atom stereocenters. The molecule has 0 aliphatic rings. The maximum absolute atomic E-state index is 12.9. The summed E-state index contributed by atoms with van der Waals surface area (Å²) in [5.41, 5.74) is 4.89. The Kier molecular flexibility index (Phi) is 5.75. The fraction of sp³-hybridized carbons (Fsp3) is 0.167. The molecule has 0 fully saturated rings. The van der Waals surface area contributed by atoms with Gasteiger partial charge in [0.2, 0.25) is 0 Å². The fourth-order valence-corrected chi connectivity index (χ4v) is 5.68. The van der Waals surface area contributed by atoms with E-state index in [1.807, 2.05) is 32.4 Å². The largest absolute Gasteiger partial charge is 0.319 e. The number of aryl methyl sites for hydroxylation is 4. The van der Waals surface area contributed by atoms with Crippen molar-refractivity contribution in [1.29, 1.82) is 0 Å². The summed E-state index contributed by atoms with van der Waals surface area (Å²) < 4.78 is 30.9. The number of nitrogens with one attached hydrogen (secondary N) is 1. The van der Waals surface area contributed by atoms with E-state index in [0.717, 1.165) is 26.9 Å². The Morgan fingerprint density at radius 1 is 0.969 bits per heavy atom. The van der Waals surface area contributed by atoms with E-state index in [2.05, 4.69) is 21.8 Å². The average Bonchev–Trinajstić information content (AvgIpc) is 3.08. The van der Waals surface area contributed by atoms with Gasteiger partial charge in [-0.25, -0.2) is 8.42 Å². The predicted octanol–water partition coefficient (Wildman–Crippen LogP) is 4.71. The molecule has 4 aromatic rings. The van der Waals surface area contributed by atoms with E-state index in [-0.39, 0.29) is 4.90 Å². The summed E-state index contributed by atoms with van der Waals surface area (Å²) in [5, 5.41) is 0. The fourth-order valence-electron chi connectivity index (χ4n) is 3.47. The summed E-state index contributed by atoms with van der Waals surface area (Å²) in [7, 11) is -1.87. The van der Waals surface area contributed by atoms with Gasteiger partial charge in [-0.3, -0.25) is 9.52 Å². The zero-order chi connectivity index (χ0) is 23.0. The molecule has 0 saturated carbocycles. The lowest BCUT2D eigenvalue weighted by Crippen LogP contribution is -2.15. The molecule has 32 heavy (non-hydrogen) atoms. The maximum atomic E-state index is 12.9. The Bertz CT molecular complexity index is 1510. The number of amides is 1. The number of carbonyl (C=O) groups is 1. The molecule has 4 rings (SSSR count). The van der Waals surface area contributed by atoms with E-state index in [9.17, 15) is 13.2 Å². The van der Waals surface area contributed by atoms with Gasteiger partial charge in [-0.1, -0.05) is 47.2 Å². The number of anilines is 1. The Hall–Kier alpha value is -3.23. The van der Waals surface area contributed by atoms with Gasteiger partial charge in [0.25, 0.3) is 15.9 Å². The Morgan fingerprint density at radius 3 is 2.34 bits per heavy atom. The average molecular weight is 466 g/mol. The lowest BCUT2D eigenvalue weighted by Gasteiger charge is -2.09. The summed E-state index contributed by atoms with van der Waals surface area (Å²) in [5.74, 6) is -0.432. The van der Waals surface area contributed by atoms with Crippen molar-refractivity contribution >= 4 is 43.2 Å². The number of sulfonamides is 1. The molecule has 1 aromatic heterocycles. The maximum Gasteiger partial charge on any atom is 0.279 e. The van der Waals surface area contributed by atoms with Crippen molar-refractivity contribution in [3.63, 3.8) is 0 Å². The smallest absolute Gasteiger partial charge is 0.279 e. The number of aromatic nitrogens is 1. The summed E-state index contributed by atoms with van der Waals surface area (Å²) in [6.07, 6.45) is 0. The van der Waals surface area contributed by atoms with Crippen LogP contribution in [0, 0.1) is 20.8 Å². The molecule has 6 nitrogen and oxygen atoms in total. The van der Waals surface area contributed by atoms with Crippen molar-refractivity contribution in [2.24, 2.45) is 12.0 Å². The van der Waals surface area contributed by atoms with Crippen LogP contribution in [0.25, 0.3) is 10.2 Å².